The molecule has 0 aliphatic heterocycles. The molecular weight excluding hydrogens is 266 g/mol. The number of rotatable bonds is 7. The first-order valence-electron chi connectivity index (χ1n) is 6.25. The lowest BCUT2D eigenvalue weighted by Crippen LogP contribution is -2.41. The van der Waals surface area contributed by atoms with Crippen LogP contribution in [-0.4, -0.2) is 17.8 Å². The van der Waals surface area contributed by atoms with Crippen LogP contribution in [0.4, 0.5) is 8.78 Å². The highest BCUT2D eigenvalue weighted by atomic mass is 32.2. The van der Waals surface area contributed by atoms with Crippen LogP contribution >= 0.6 is 11.8 Å². The van der Waals surface area contributed by atoms with Gasteiger partial charge in [-0.1, -0.05) is 6.92 Å². The van der Waals surface area contributed by atoms with Crippen LogP contribution in [0.15, 0.2) is 23.1 Å². The second-order valence-electron chi connectivity index (χ2n) is 4.54. The van der Waals surface area contributed by atoms with E-state index in [2.05, 4.69) is 11.4 Å². The Kier molecular flexibility index (Phi) is 6.26. The first-order valence-corrected chi connectivity index (χ1v) is 7.23. The molecule has 0 heterocycles. The quantitative estimate of drug-likeness (QED) is 0.775. The number of halogens is 2. The molecule has 1 aromatic rings. The van der Waals surface area contributed by atoms with Gasteiger partial charge in [-0.15, -0.1) is 11.8 Å². The third-order valence-corrected chi connectivity index (χ3v) is 3.80. The van der Waals surface area contributed by atoms with E-state index in [0.717, 1.165) is 25.1 Å². The largest absolute Gasteiger partial charge is 0.300 e. The lowest BCUT2D eigenvalue weighted by molar-refractivity contribution is 0.437. The summed E-state index contributed by atoms with van der Waals surface area (Å²) in [5, 5.41) is 12.3. The number of hydrogen-bond acceptors (Lipinski definition) is 3. The van der Waals surface area contributed by atoms with Gasteiger partial charge in [-0.3, -0.25) is 5.32 Å². The van der Waals surface area contributed by atoms with Gasteiger partial charge in [-0.25, -0.2) is 8.78 Å². The predicted molar refractivity (Wildman–Crippen MR) is 74.0 cm³/mol. The van der Waals surface area contributed by atoms with Gasteiger partial charge in [-0.05, 0) is 44.5 Å². The van der Waals surface area contributed by atoms with Crippen LogP contribution < -0.4 is 5.32 Å². The molecule has 0 aliphatic rings. The Labute approximate surface area is 117 Å². The minimum Gasteiger partial charge on any atom is -0.300 e. The summed E-state index contributed by atoms with van der Waals surface area (Å²) < 4.78 is 26.4. The molecule has 0 aromatic heterocycles. The molecule has 2 nitrogen and oxygen atoms in total. The van der Waals surface area contributed by atoms with Crippen molar-refractivity contribution in [3.05, 3.63) is 29.8 Å². The Morgan fingerprint density at radius 3 is 2.79 bits per heavy atom. The number of nitrogens with zero attached hydrogens (tertiary/aromatic N) is 1. The molecule has 1 aromatic carbocycles. The van der Waals surface area contributed by atoms with E-state index in [1.165, 1.54) is 17.8 Å². The molecule has 1 unspecified atom stereocenters. The monoisotopic (exact) mass is 284 g/mol. The molecule has 1 atom stereocenters. The van der Waals surface area contributed by atoms with Gasteiger partial charge in [0.05, 0.1) is 6.07 Å². The van der Waals surface area contributed by atoms with Crippen molar-refractivity contribution in [2.24, 2.45) is 0 Å². The Balaban J connectivity index is 2.53. The summed E-state index contributed by atoms with van der Waals surface area (Å²) in [7, 11) is 0. The van der Waals surface area contributed by atoms with E-state index in [0.29, 0.717) is 12.2 Å². The molecule has 19 heavy (non-hydrogen) atoms. The number of nitrogens with one attached hydrogen (secondary N) is 1. The minimum absolute atomic E-state index is 0.288. The molecular formula is C14H18F2N2S. The third kappa shape index (κ3) is 5.17. The van der Waals surface area contributed by atoms with Gasteiger partial charge in [0.15, 0.2) is 0 Å². The van der Waals surface area contributed by atoms with E-state index >= 15 is 0 Å². The maximum Gasteiger partial charge on any atom is 0.136 e. The Bertz CT molecular complexity index is 459. The summed E-state index contributed by atoms with van der Waals surface area (Å²) in [5.74, 6) is -0.316. The average molecular weight is 284 g/mol. The fourth-order valence-corrected chi connectivity index (χ4v) is 2.67. The van der Waals surface area contributed by atoms with Gasteiger partial charge in [0, 0.05) is 10.6 Å². The van der Waals surface area contributed by atoms with Gasteiger partial charge >= 0.3 is 0 Å². The molecule has 0 saturated heterocycles. The molecule has 104 valence electrons. The molecule has 0 saturated carbocycles. The first-order chi connectivity index (χ1) is 9.00. The minimum atomic E-state index is -0.618. The van der Waals surface area contributed by atoms with Crippen molar-refractivity contribution < 1.29 is 8.78 Å². The van der Waals surface area contributed by atoms with E-state index in [9.17, 15) is 8.78 Å². The molecule has 1 N–H and O–H groups in total. The fourth-order valence-electron chi connectivity index (χ4n) is 1.54. The maximum absolute atomic E-state index is 13.4. The molecule has 0 bridgehead atoms. The van der Waals surface area contributed by atoms with Crippen molar-refractivity contribution in [3.63, 3.8) is 0 Å². The van der Waals surface area contributed by atoms with Gasteiger partial charge in [0.1, 0.15) is 17.2 Å². The van der Waals surface area contributed by atoms with E-state index in [1.807, 2.05) is 13.8 Å². The van der Waals surface area contributed by atoms with E-state index < -0.39 is 17.2 Å². The maximum atomic E-state index is 13.4. The summed E-state index contributed by atoms with van der Waals surface area (Å²) in [5.41, 5.74) is -0.618. The van der Waals surface area contributed by atoms with E-state index in [4.69, 9.17) is 5.26 Å². The van der Waals surface area contributed by atoms with Crippen molar-refractivity contribution in [2.75, 3.05) is 12.3 Å². The van der Waals surface area contributed by atoms with Crippen molar-refractivity contribution in [1.82, 2.24) is 5.32 Å². The zero-order valence-corrected chi connectivity index (χ0v) is 12.0. The molecule has 0 radical (unpaired) electrons. The normalized spacial score (nSPS) is 13.8. The van der Waals surface area contributed by atoms with Gasteiger partial charge in [-0.2, -0.15) is 5.26 Å². The predicted octanol–water partition coefficient (Wildman–Crippen LogP) is 3.73. The second kappa shape index (κ2) is 7.46. The summed E-state index contributed by atoms with van der Waals surface area (Å²) >= 11 is 1.23. The molecule has 0 fully saturated rings. The Morgan fingerprint density at radius 2 is 2.16 bits per heavy atom. The van der Waals surface area contributed by atoms with Crippen LogP contribution in [0.2, 0.25) is 0 Å². The first kappa shape index (κ1) is 15.9. The number of thioether (sulfide) groups is 1. The van der Waals surface area contributed by atoms with Crippen LogP contribution in [0.5, 0.6) is 0 Å². The van der Waals surface area contributed by atoms with Gasteiger partial charge in [0.2, 0.25) is 0 Å². The second-order valence-corrected chi connectivity index (χ2v) is 5.68. The van der Waals surface area contributed by atoms with Crippen LogP contribution in [0.25, 0.3) is 0 Å². The smallest absolute Gasteiger partial charge is 0.136 e. The van der Waals surface area contributed by atoms with Crippen molar-refractivity contribution in [3.8, 4) is 6.07 Å². The van der Waals surface area contributed by atoms with E-state index in [-0.39, 0.29) is 4.90 Å². The lowest BCUT2D eigenvalue weighted by Gasteiger charge is -2.22. The molecule has 0 spiro atoms. The number of benzene rings is 1. The summed E-state index contributed by atoms with van der Waals surface area (Å²) in [6, 6.07) is 5.64. The zero-order chi connectivity index (χ0) is 14.3. The van der Waals surface area contributed by atoms with Crippen LogP contribution in [0, 0.1) is 23.0 Å². The van der Waals surface area contributed by atoms with Crippen molar-refractivity contribution in [1.29, 1.82) is 5.26 Å². The number of hydrogen-bond donors (Lipinski definition) is 1. The summed E-state index contributed by atoms with van der Waals surface area (Å²) in [6.45, 7) is 4.62. The summed E-state index contributed by atoms with van der Waals surface area (Å²) in [6.07, 6.45) is 1.52. The lowest BCUT2D eigenvalue weighted by atomic mass is 10.0. The van der Waals surface area contributed by atoms with Gasteiger partial charge in [0.25, 0.3) is 0 Å². The standard InChI is InChI=1S/C14H18F2N2S/c1-3-7-18-14(2,10-17)6-8-19-13-9-11(15)4-5-12(13)16/h4-5,9,18H,3,6-8H2,1-2H3. The van der Waals surface area contributed by atoms with Crippen molar-refractivity contribution >= 4 is 11.8 Å². The molecule has 5 heteroatoms. The Hall–Kier alpha value is -1.12. The van der Waals surface area contributed by atoms with Crippen molar-refractivity contribution in [2.45, 2.75) is 37.1 Å². The number of nitriles is 1. The van der Waals surface area contributed by atoms with Crippen LogP contribution in [0.1, 0.15) is 26.7 Å². The molecule has 1 rings (SSSR count). The summed E-state index contributed by atoms with van der Waals surface area (Å²) in [4.78, 5) is 0.288. The van der Waals surface area contributed by atoms with Crippen LogP contribution in [-0.2, 0) is 0 Å². The highest BCUT2D eigenvalue weighted by molar-refractivity contribution is 7.99. The third-order valence-electron chi connectivity index (χ3n) is 2.76. The zero-order valence-electron chi connectivity index (χ0n) is 11.2. The Morgan fingerprint density at radius 1 is 1.42 bits per heavy atom. The van der Waals surface area contributed by atoms with Crippen LogP contribution in [0.3, 0.4) is 0 Å². The fraction of sp³-hybridized carbons (Fsp3) is 0.500. The van der Waals surface area contributed by atoms with Gasteiger partial charge < -0.3 is 0 Å². The van der Waals surface area contributed by atoms with E-state index in [1.54, 1.807) is 0 Å². The molecule has 0 amide bonds. The average Bonchev–Trinajstić information content (AvgIpc) is 2.40. The molecule has 0 aliphatic carbocycles. The topological polar surface area (TPSA) is 35.8 Å². The SMILES string of the molecule is CCCNC(C)(C#N)CCSc1cc(F)ccc1F. The highest BCUT2D eigenvalue weighted by Crippen LogP contribution is 2.25. The highest BCUT2D eigenvalue weighted by Gasteiger charge is 2.22.